The highest BCUT2D eigenvalue weighted by atomic mass is 31.1. The first-order valence-corrected chi connectivity index (χ1v) is 10.1. The summed E-state index contributed by atoms with van der Waals surface area (Å²) in [6.45, 7) is 6.19. The normalized spacial score (nSPS) is 12.7. The first kappa shape index (κ1) is 24.2. The Morgan fingerprint density at radius 3 is 2.03 bits per heavy atom. The van der Waals surface area contributed by atoms with Crippen LogP contribution in [0.3, 0.4) is 0 Å². The van der Waals surface area contributed by atoms with Gasteiger partial charge in [-0.15, -0.1) is 0 Å². The van der Waals surface area contributed by atoms with Crippen LogP contribution in [0.2, 0.25) is 0 Å². The van der Waals surface area contributed by atoms with Crippen molar-refractivity contribution in [2.24, 2.45) is 5.92 Å². The molecule has 0 N–H and O–H groups in total. The molecule has 2 aromatic rings. The van der Waals surface area contributed by atoms with Crippen LogP contribution in [0.15, 0.2) is 36.4 Å². The molecule has 164 valence electrons. The first-order valence-electron chi connectivity index (χ1n) is 9.13. The van der Waals surface area contributed by atoms with Crippen molar-refractivity contribution in [2.45, 2.75) is 39.5 Å². The molecule has 0 aliphatic carbocycles. The van der Waals surface area contributed by atoms with E-state index in [2.05, 4.69) is 0 Å². The van der Waals surface area contributed by atoms with Crippen LogP contribution in [0.1, 0.15) is 47.3 Å². The van der Waals surface area contributed by atoms with Crippen LogP contribution >= 0.6 is 8.58 Å². The molecular weight excluding hydrogens is 429 g/mol. The monoisotopic (exact) mass is 450 g/mol. The van der Waals surface area contributed by atoms with E-state index in [4.69, 9.17) is 4.74 Å². The fourth-order valence-corrected chi connectivity index (χ4v) is 3.81. The van der Waals surface area contributed by atoms with E-state index in [-0.39, 0.29) is 0 Å². The Kier molecular flexibility index (Phi) is 7.56. The van der Waals surface area contributed by atoms with Crippen LogP contribution in [0.4, 0.5) is 26.3 Å². The van der Waals surface area contributed by atoms with Gasteiger partial charge in [0.1, 0.15) is 5.75 Å². The summed E-state index contributed by atoms with van der Waals surface area (Å²) in [6.07, 6.45) is -9.34. The number of rotatable bonds is 7. The third-order valence-electron chi connectivity index (χ3n) is 4.31. The van der Waals surface area contributed by atoms with Gasteiger partial charge in [0.25, 0.3) is 0 Å². The Morgan fingerprint density at radius 1 is 1.00 bits per heavy atom. The third-order valence-corrected chi connectivity index (χ3v) is 5.62. The minimum absolute atomic E-state index is 0.362. The Labute approximate surface area is 172 Å². The number of carbonyl (C=O) groups excluding carboxylic acids is 1. The molecule has 0 aliphatic heterocycles. The number of aryl methyl sites for hydroxylation is 1. The predicted molar refractivity (Wildman–Crippen MR) is 105 cm³/mol. The molecule has 0 amide bonds. The number of hydrogen-bond acceptors (Lipinski definition) is 2. The van der Waals surface area contributed by atoms with Gasteiger partial charge >= 0.3 is 12.4 Å². The fraction of sp³-hybridized carbons (Fsp3) is 0.381. The Balaban J connectivity index is 2.34. The Hall–Kier alpha value is -2.08. The minimum atomic E-state index is -5.08. The van der Waals surface area contributed by atoms with Crippen molar-refractivity contribution in [3.05, 3.63) is 58.7 Å². The van der Waals surface area contributed by atoms with Crippen molar-refractivity contribution in [1.29, 1.82) is 0 Å². The number of halogens is 6. The second-order valence-electron chi connectivity index (χ2n) is 7.19. The zero-order chi connectivity index (χ0) is 22.7. The molecule has 2 rings (SSSR count). The zero-order valence-electron chi connectivity index (χ0n) is 16.5. The summed E-state index contributed by atoms with van der Waals surface area (Å²) in [6, 6.07) is 6.32. The molecule has 9 heteroatoms. The lowest BCUT2D eigenvalue weighted by Gasteiger charge is -2.18. The summed E-state index contributed by atoms with van der Waals surface area (Å²) >= 11 is 0. The van der Waals surface area contributed by atoms with Crippen LogP contribution in [0.25, 0.3) is 0 Å². The highest BCUT2D eigenvalue weighted by Crippen LogP contribution is 2.41. The maximum atomic E-state index is 13.3. The molecule has 0 heterocycles. The van der Waals surface area contributed by atoms with Gasteiger partial charge < -0.3 is 4.74 Å². The summed E-state index contributed by atoms with van der Waals surface area (Å²) in [5.41, 5.74) is -5.16. The zero-order valence-corrected chi connectivity index (χ0v) is 17.5. The Morgan fingerprint density at radius 2 is 1.57 bits per heavy atom. The molecule has 30 heavy (non-hydrogen) atoms. The maximum Gasteiger partial charge on any atom is 0.417 e. The number of benzene rings is 2. The van der Waals surface area contributed by atoms with Crippen LogP contribution in [0, 0.1) is 12.8 Å². The van der Waals surface area contributed by atoms with Gasteiger partial charge in [0.15, 0.2) is 5.52 Å². The third kappa shape index (κ3) is 6.21. The van der Waals surface area contributed by atoms with Gasteiger partial charge in [-0.25, -0.2) is 0 Å². The molecule has 0 bridgehead atoms. The molecular formula is C21H21F6O2P. The van der Waals surface area contributed by atoms with Gasteiger partial charge in [-0.05, 0) is 63.0 Å². The lowest BCUT2D eigenvalue weighted by Crippen LogP contribution is -2.19. The van der Waals surface area contributed by atoms with Crippen molar-refractivity contribution >= 4 is 19.4 Å². The van der Waals surface area contributed by atoms with Gasteiger partial charge in [0.05, 0.1) is 17.7 Å². The first-order chi connectivity index (χ1) is 13.8. The molecule has 0 aromatic heterocycles. The molecule has 1 unspecified atom stereocenters. The minimum Gasteiger partial charge on any atom is -0.494 e. The van der Waals surface area contributed by atoms with Gasteiger partial charge in [-0.3, -0.25) is 4.79 Å². The SMILES string of the molecule is Cc1cc(OCCC(C)C)ccc1PC(=O)c1c(C(F)(F)F)cccc1C(F)(F)F. The van der Waals surface area contributed by atoms with Crippen LogP contribution in [-0.4, -0.2) is 12.1 Å². The van der Waals surface area contributed by atoms with Crippen LogP contribution < -0.4 is 10.0 Å². The van der Waals surface area contributed by atoms with E-state index in [1.165, 1.54) is 6.07 Å². The van der Waals surface area contributed by atoms with E-state index in [1.807, 2.05) is 13.8 Å². The summed E-state index contributed by atoms with van der Waals surface area (Å²) in [4.78, 5) is 12.6. The summed E-state index contributed by atoms with van der Waals surface area (Å²) in [5.74, 6) is 0.974. The van der Waals surface area contributed by atoms with Gasteiger partial charge in [-0.1, -0.05) is 26.0 Å². The second kappa shape index (κ2) is 9.38. The fourth-order valence-electron chi connectivity index (χ4n) is 2.73. The highest BCUT2D eigenvalue weighted by molar-refractivity contribution is 7.66. The lowest BCUT2D eigenvalue weighted by atomic mass is 10.0. The molecule has 0 saturated heterocycles. The maximum absolute atomic E-state index is 13.3. The summed E-state index contributed by atoms with van der Waals surface area (Å²) < 4.78 is 85.3. The van der Waals surface area contributed by atoms with Gasteiger partial charge in [0, 0.05) is 5.56 Å². The molecule has 2 aromatic carbocycles. The molecule has 0 aliphatic rings. The smallest absolute Gasteiger partial charge is 0.417 e. The van der Waals surface area contributed by atoms with Crippen molar-refractivity contribution in [2.75, 3.05) is 6.61 Å². The van der Waals surface area contributed by atoms with Gasteiger partial charge in [-0.2, -0.15) is 26.3 Å². The van der Waals surface area contributed by atoms with E-state index in [1.54, 1.807) is 19.1 Å². The Bertz CT molecular complexity index is 871. The van der Waals surface area contributed by atoms with E-state index in [0.29, 0.717) is 47.3 Å². The van der Waals surface area contributed by atoms with E-state index in [9.17, 15) is 31.1 Å². The molecule has 1 atom stereocenters. The lowest BCUT2D eigenvalue weighted by molar-refractivity contribution is -0.143. The van der Waals surface area contributed by atoms with E-state index < -0.39 is 43.1 Å². The van der Waals surface area contributed by atoms with Gasteiger partial charge in [0.2, 0.25) is 0 Å². The quantitative estimate of drug-likeness (QED) is 0.351. The molecule has 0 saturated carbocycles. The molecule has 0 radical (unpaired) electrons. The molecule has 0 spiro atoms. The van der Waals surface area contributed by atoms with E-state index in [0.717, 1.165) is 6.42 Å². The summed E-state index contributed by atoms with van der Waals surface area (Å²) in [7, 11) is -0.894. The van der Waals surface area contributed by atoms with E-state index >= 15 is 0 Å². The summed E-state index contributed by atoms with van der Waals surface area (Å²) in [5, 5.41) is 0.362. The van der Waals surface area contributed by atoms with Crippen LogP contribution in [0.5, 0.6) is 5.75 Å². The number of carbonyl (C=O) groups is 1. The van der Waals surface area contributed by atoms with Crippen molar-refractivity contribution in [1.82, 2.24) is 0 Å². The molecule has 0 fully saturated rings. The largest absolute Gasteiger partial charge is 0.494 e. The van der Waals surface area contributed by atoms with Crippen molar-refractivity contribution < 1.29 is 35.9 Å². The predicted octanol–water partition coefficient (Wildman–Crippen LogP) is 6.60. The average Bonchev–Trinajstić information content (AvgIpc) is 2.61. The molecule has 2 nitrogen and oxygen atoms in total. The average molecular weight is 450 g/mol. The topological polar surface area (TPSA) is 26.3 Å². The van der Waals surface area contributed by atoms with Crippen molar-refractivity contribution in [3.8, 4) is 5.75 Å². The number of alkyl halides is 6. The second-order valence-corrected chi connectivity index (χ2v) is 8.43. The van der Waals surface area contributed by atoms with Crippen LogP contribution in [-0.2, 0) is 12.4 Å². The number of ether oxygens (including phenoxy) is 1. The number of hydrogen-bond donors (Lipinski definition) is 0. The van der Waals surface area contributed by atoms with Crippen molar-refractivity contribution in [3.63, 3.8) is 0 Å². The highest BCUT2D eigenvalue weighted by Gasteiger charge is 2.42. The standard InChI is InChI=1S/C21H21F6O2P/c1-12(2)9-10-29-14-7-8-17(13(3)11-14)30-19(28)18-15(20(22,23)24)5-4-6-16(18)21(25,26)27/h4-8,11-12,30H,9-10H2,1-3H3.